The van der Waals surface area contributed by atoms with Gasteiger partial charge in [0, 0.05) is 6.54 Å². The maximum atomic E-state index is 13.5. The molecule has 2 nitrogen and oxygen atoms in total. The second-order valence-electron chi connectivity index (χ2n) is 7.98. The normalized spacial score (nSPS) is 24.8. The summed E-state index contributed by atoms with van der Waals surface area (Å²) >= 11 is 0. The molecule has 0 bridgehead atoms. The van der Waals surface area contributed by atoms with Gasteiger partial charge in [-0.15, -0.1) is 0 Å². The van der Waals surface area contributed by atoms with Crippen LogP contribution >= 0.6 is 0 Å². The number of aliphatic hydroxyl groups is 1. The molecule has 1 heterocycles. The number of aliphatic hydroxyl groups excluding tert-OH is 1. The minimum absolute atomic E-state index is 0.128. The highest BCUT2D eigenvalue weighted by atomic mass is 19.1. The Labute approximate surface area is 155 Å². The molecule has 1 aliphatic heterocycles. The Morgan fingerprint density at radius 1 is 1.00 bits per heavy atom. The van der Waals surface area contributed by atoms with Gasteiger partial charge < -0.3 is 10.0 Å². The van der Waals surface area contributed by atoms with Crippen LogP contribution in [0.25, 0.3) is 0 Å². The van der Waals surface area contributed by atoms with Gasteiger partial charge in [0.2, 0.25) is 0 Å². The number of piperidine rings is 1. The summed E-state index contributed by atoms with van der Waals surface area (Å²) in [5.41, 5.74) is 3.58. The van der Waals surface area contributed by atoms with E-state index in [0.717, 1.165) is 62.9 Å². The Balaban J connectivity index is 1.32. The van der Waals surface area contributed by atoms with E-state index in [1.165, 1.54) is 11.6 Å². The molecule has 0 amide bonds. The van der Waals surface area contributed by atoms with Crippen LogP contribution in [0, 0.1) is 11.7 Å². The standard InChI is InChI=1S/C23H28FNO/c24-21-6-3-5-20(15-21)18-10-12-25(13-11-18)16-17-8-9-19-4-1-2-7-22(19)23(26)14-17/h1-7,15,17-18,23,26H,8-14,16H2. The van der Waals surface area contributed by atoms with E-state index in [0.29, 0.717) is 11.8 Å². The molecule has 3 heteroatoms. The van der Waals surface area contributed by atoms with E-state index in [1.807, 2.05) is 12.1 Å². The van der Waals surface area contributed by atoms with Gasteiger partial charge in [-0.1, -0.05) is 36.4 Å². The van der Waals surface area contributed by atoms with Crippen LogP contribution in [0.3, 0.4) is 0 Å². The van der Waals surface area contributed by atoms with Gasteiger partial charge in [-0.25, -0.2) is 4.39 Å². The smallest absolute Gasteiger partial charge is 0.123 e. The lowest BCUT2D eigenvalue weighted by molar-refractivity contribution is 0.117. The summed E-state index contributed by atoms with van der Waals surface area (Å²) in [5, 5.41) is 10.6. The molecule has 0 radical (unpaired) electrons. The van der Waals surface area contributed by atoms with Crippen LogP contribution in [-0.4, -0.2) is 29.6 Å². The van der Waals surface area contributed by atoms with Crippen LogP contribution in [0.2, 0.25) is 0 Å². The average Bonchev–Trinajstić information content (AvgIpc) is 2.82. The maximum Gasteiger partial charge on any atom is 0.123 e. The Bertz CT molecular complexity index is 738. The fourth-order valence-corrected chi connectivity index (χ4v) is 4.75. The Morgan fingerprint density at radius 3 is 2.62 bits per heavy atom. The van der Waals surface area contributed by atoms with Crippen LogP contribution < -0.4 is 0 Å². The number of rotatable bonds is 3. The zero-order valence-corrected chi connectivity index (χ0v) is 15.3. The molecule has 26 heavy (non-hydrogen) atoms. The van der Waals surface area contributed by atoms with Crippen LogP contribution in [0.15, 0.2) is 48.5 Å². The summed E-state index contributed by atoms with van der Waals surface area (Å²) in [5.74, 6) is 0.894. The maximum absolute atomic E-state index is 13.5. The lowest BCUT2D eigenvalue weighted by Crippen LogP contribution is -2.36. The Hall–Kier alpha value is -1.71. The highest BCUT2D eigenvalue weighted by molar-refractivity contribution is 5.30. The number of likely N-dealkylation sites (tertiary alicyclic amines) is 1. The third-order valence-electron chi connectivity index (χ3n) is 6.22. The third-order valence-corrected chi connectivity index (χ3v) is 6.22. The van der Waals surface area contributed by atoms with E-state index in [4.69, 9.17) is 0 Å². The first-order valence-corrected chi connectivity index (χ1v) is 9.92. The molecule has 2 atom stereocenters. The molecular formula is C23H28FNO. The molecule has 0 aromatic heterocycles. The van der Waals surface area contributed by atoms with Gasteiger partial charge in [-0.05, 0) is 85.9 Å². The lowest BCUT2D eigenvalue weighted by Gasteiger charge is -2.34. The fourth-order valence-electron chi connectivity index (χ4n) is 4.75. The van der Waals surface area contributed by atoms with Crippen molar-refractivity contribution >= 4 is 0 Å². The molecule has 2 unspecified atom stereocenters. The van der Waals surface area contributed by atoms with Crippen molar-refractivity contribution in [2.45, 2.75) is 44.1 Å². The third kappa shape index (κ3) is 3.99. The monoisotopic (exact) mass is 353 g/mol. The Kier molecular flexibility index (Phi) is 5.37. The highest BCUT2D eigenvalue weighted by Gasteiger charge is 2.27. The molecule has 0 spiro atoms. The molecule has 1 aliphatic carbocycles. The largest absolute Gasteiger partial charge is 0.388 e. The molecule has 138 valence electrons. The van der Waals surface area contributed by atoms with E-state index in [9.17, 15) is 9.50 Å². The number of benzene rings is 2. The minimum atomic E-state index is -0.330. The van der Waals surface area contributed by atoms with Crippen molar-refractivity contribution < 1.29 is 9.50 Å². The molecule has 2 aliphatic rings. The average molecular weight is 353 g/mol. The topological polar surface area (TPSA) is 23.5 Å². The summed E-state index contributed by atoms with van der Waals surface area (Å²) < 4.78 is 13.5. The van der Waals surface area contributed by atoms with Gasteiger partial charge >= 0.3 is 0 Å². The molecule has 1 saturated heterocycles. The predicted molar refractivity (Wildman–Crippen MR) is 103 cm³/mol. The zero-order valence-electron chi connectivity index (χ0n) is 15.3. The quantitative estimate of drug-likeness (QED) is 0.809. The lowest BCUT2D eigenvalue weighted by atomic mass is 9.88. The van der Waals surface area contributed by atoms with Gasteiger partial charge in [0.05, 0.1) is 6.10 Å². The van der Waals surface area contributed by atoms with E-state index in [1.54, 1.807) is 6.07 Å². The number of nitrogens with zero attached hydrogens (tertiary/aromatic N) is 1. The van der Waals surface area contributed by atoms with Crippen molar-refractivity contribution in [3.63, 3.8) is 0 Å². The van der Waals surface area contributed by atoms with Gasteiger partial charge in [0.15, 0.2) is 0 Å². The number of halogens is 1. The van der Waals surface area contributed by atoms with Crippen LogP contribution in [0.1, 0.15) is 54.4 Å². The van der Waals surface area contributed by atoms with Gasteiger partial charge in [-0.3, -0.25) is 0 Å². The van der Waals surface area contributed by atoms with Gasteiger partial charge in [0.25, 0.3) is 0 Å². The fraction of sp³-hybridized carbons (Fsp3) is 0.478. The molecule has 2 aromatic rings. The summed E-state index contributed by atoms with van der Waals surface area (Å²) in [6.45, 7) is 3.21. The number of aryl methyl sites for hydroxylation is 1. The summed E-state index contributed by atoms with van der Waals surface area (Å²) in [6, 6.07) is 15.4. The van der Waals surface area contributed by atoms with Crippen molar-refractivity contribution in [2.24, 2.45) is 5.92 Å². The molecule has 2 aromatic carbocycles. The van der Waals surface area contributed by atoms with Crippen molar-refractivity contribution in [2.75, 3.05) is 19.6 Å². The zero-order chi connectivity index (χ0) is 17.9. The van der Waals surface area contributed by atoms with Crippen LogP contribution in [-0.2, 0) is 6.42 Å². The molecule has 1 N–H and O–H groups in total. The number of hydrogen-bond acceptors (Lipinski definition) is 2. The van der Waals surface area contributed by atoms with E-state index >= 15 is 0 Å². The molecular weight excluding hydrogens is 325 g/mol. The van der Waals surface area contributed by atoms with Crippen LogP contribution in [0.5, 0.6) is 0 Å². The molecule has 0 saturated carbocycles. The summed E-state index contributed by atoms with van der Waals surface area (Å²) in [7, 11) is 0. The summed E-state index contributed by atoms with van der Waals surface area (Å²) in [6.07, 6.45) is 4.94. The molecule has 4 rings (SSSR count). The first kappa shape index (κ1) is 17.7. The van der Waals surface area contributed by atoms with Gasteiger partial charge in [-0.2, -0.15) is 0 Å². The summed E-state index contributed by atoms with van der Waals surface area (Å²) in [4.78, 5) is 2.54. The van der Waals surface area contributed by atoms with Crippen LogP contribution in [0.4, 0.5) is 4.39 Å². The van der Waals surface area contributed by atoms with Gasteiger partial charge in [0.1, 0.15) is 5.82 Å². The van der Waals surface area contributed by atoms with Crippen molar-refractivity contribution in [1.82, 2.24) is 4.90 Å². The van der Waals surface area contributed by atoms with Crippen molar-refractivity contribution in [1.29, 1.82) is 0 Å². The minimum Gasteiger partial charge on any atom is -0.388 e. The highest BCUT2D eigenvalue weighted by Crippen LogP contribution is 2.34. The van der Waals surface area contributed by atoms with E-state index in [-0.39, 0.29) is 11.9 Å². The first-order valence-electron chi connectivity index (χ1n) is 9.92. The predicted octanol–water partition coefficient (Wildman–Crippen LogP) is 4.69. The molecule has 1 fully saturated rings. The number of hydrogen-bond donors (Lipinski definition) is 1. The van der Waals surface area contributed by atoms with E-state index in [2.05, 4.69) is 29.2 Å². The first-order chi connectivity index (χ1) is 12.7. The second-order valence-corrected chi connectivity index (χ2v) is 7.98. The Morgan fingerprint density at radius 2 is 1.81 bits per heavy atom. The SMILES string of the molecule is OC1CC(CN2CCC(c3cccc(F)c3)CC2)CCc2ccccc21. The van der Waals surface area contributed by atoms with E-state index < -0.39 is 0 Å². The number of fused-ring (bicyclic) bond motifs is 1. The van der Waals surface area contributed by atoms with Crippen molar-refractivity contribution in [3.05, 3.63) is 71.0 Å². The second kappa shape index (κ2) is 7.89. The van der Waals surface area contributed by atoms with Crippen molar-refractivity contribution in [3.8, 4) is 0 Å².